The van der Waals surface area contributed by atoms with E-state index in [0.29, 0.717) is 39.0 Å². The van der Waals surface area contributed by atoms with Crippen molar-refractivity contribution in [1.82, 2.24) is 10.2 Å². The molecule has 21 heavy (non-hydrogen) atoms. The van der Waals surface area contributed by atoms with Crippen LogP contribution in [-0.2, 0) is 14.3 Å². The number of hydrogen-bond acceptors (Lipinski definition) is 4. The van der Waals surface area contributed by atoms with E-state index in [1.165, 1.54) is 0 Å². The number of urea groups is 1. The molecule has 7 heteroatoms. The van der Waals surface area contributed by atoms with Gasteiger partial charge in [-0.25, -0.2) is 4.79 Å². The van der Waals surface area contributed by atoms with E-state index in [9.17, 15) is 14.4 Å². The molecule has 7 nitrogen and oxygen atoms in total. The fourth-order valence-electron chi connectivity index (χ4n) is 2.46. The number of nitrogens with zero attached hydrogens (tertiary/aromatic N) is 1. The lowest BCUT2D eigenvalue weighted by atomic mass is 9.92. The number of ether oxygens (including phenoxy) is 1. The number of carboxylic acid groups (broad SMARTS) is 1. The number of piperidine rings is 1. The molecule has 0 aromatic heterocycles. The number of carbonyl (C=O) groups is 3. The van der Waals surface area contributed by atoms with Gasteiger partial charge in [-0.15, -0.1) is 0 Å². The minimum atomic E-state index is -0.795. The molecule has 0 spiro atoms. The van der Waals surface area contributed by atoms with Crippen molar-refractivity contribution in [3.63, 3.8) is 0 Å². The van der Waals surface area contributed by atoms with E-state index in [4.69, 9.17) is 9.84 Å². The molecule has 1 rings (SSSR count). The fraction of sp³-hybridized carbons (Fsp3) is 0.786. The fourth-order valence-corrected chi connectivity index (χ4v) is 2.46. The van der Waals surface area contributed by atoms with E-state index in [1.807, 2.05) is 6.92 Å². The molecule has 2 unspecified atom stereocenters. The van der Waals surface area contributed by atoms with Gasteiger partial charge in [-0.3, -0.25) is 9.59 Å². The topological polar surface area (TPSA) is 95.9 Å². The molecule has 1 aliphatic heterocycles. The molecular weight excluding hydrogens is 276 g/mol. The van der Waals surface area contributed by atoms with Crippen molar-refractivity contribution in [3.8, 4) is 0 Å². The Morgan fingerprint density at radius 3 is 2.67 bits per heavy atom. The summed E-state index contributed by atoms with van der Waals surface area (Å²) >= 11 is 0. The van der Waals surface area contributed by atoms with Gasteiger partial charge in [0.2, 0.25) is 0 Å². The highest BCUT2D eigenvalue weighted by Gasteiger charge is 2.31. The molecular formula is C14H24N2O5. The Morgan fingerprint density at radius 1 is 1.38 bits per heavy atom. The predicted octanol–water partition coefficient (Wildman–Crippen LogP) is 1.22. The average molecular weight is 300 g/mol. The maximum atomic E-state index is 12.0. The lowest BCUT2D eigenvalue weighted by Crippen LogP contribution is -2.50. The minimum absolute atomic E-state index is 0.0927. The van der Waals surface area contributed by atoms with Crippen LogP contribution in [-0.4, -0.2) is 53.7 Å². The van der Waals surface area contributed by atoms with E-state index >= 15 is 0 Å². The summed E-state index contributed by atoms with van der Waals surface area (Å²) in [4.78, 5) is 35.7. The first-order chi connectivity index (χ1) is 9.95. The van der Waals surface area contributed by atoms with Crippen molar-refractivity contribution in [2.24, 2.45) is 5.92 Å². The zero-order chi connectivity index (χ0) is 15.8. The second-order valence-corrected chi connectivity index (χ2v) is 5.24. The predicted molar refractivity (Wildman–Crippen MR) is 75.8 cm³/mol. The summed E-state index contributed by atoms with van der Waals surface area (Å²) in [7, 11) is 0. The third-order valence-corrected chi connectivity index (χ3v) is 3.63. The summed E-state index contributed by atoms with van der Waals surface area (Å²) in [6.07, 6.45) is 1.77. The van der Waals surface area contributed by atoms with Gasteiger partial charge < -0.3 is 20.1 Å². The zero-order valence-electron chi connectivity index (χ0n) is 12.6. The molecule has 2 N–H and O–H groups in total. The molecule has 120 valence electrons. The molecule has 0 aromatic carbocycles. The largest absolute Gasteiger partial charge is 0.481 e. The number of likely N-dealkylation sites (tertiary alicyclic amines) is 1. The second-order valence-electron chi connectivity index (χ2n) is 5.24. The molecule has 0 aromatic rings. The quantitative estimate of drug-likeness (QED) is 0.568. The molecule has 1 aliphatic rings. The van der Waals surface area contributed by atoms with Crippen LogP contribution < -0.4 is 5.32 Å². The monoisotopic (exact) mass is 300 g/mol. The van der Waals surface area contributed by atoms with Gasteiger partial charge in [-0.05, 0) is 33.1 Å². The van der Waals surface area contributed by atoms with Crippen LogP contribution in [0.25, 0.3) is 0 Å². The number of rotatable bonds is 6. The maximum Gasteiger partial charge on any atom is 0.317 e. The highest BCUT2D eigenvalue weighted by atomic mass is 16.5. The van der Waals surface area contributed by atoms with Crippen LogP contribution in [0.3, 0.4) is 0 Å². The van der Waals surface area contributed by atoms with E-state index in [1.54, 1.807) is 11.8 Å². The Kier molecular flexibility index (Phi) is 6.98. The highest BCUT2D eigenvalue weighted by molar-refractivity contribution is 5.76. The molecule has 2 atom stereocenters. The summed E-state index contributed by atoms with van der Waals surface area (Å²) in [6.45, 7) is 4.82. The van der Waals surface area contributed by atoms with E-state index in [0.717, 1.165) is 0 Å². The Balaban J connectivity index is 2.26. The third kappa shape index (κ3) is 5.61. The highest BCUT2D eigenvalue weighted by Crippen LogP contribution is 2.22. The number of aliphatic carboxylic acids is 1. The van der Waals surface area contributed by atoms with Crippen molar-refractivity contribution in [3.05, 3.63) is 0 Å². The van der Waals surface area contributed by atoms with E-state index in [2.05, 4.69) is 5.32 Å². The number of nitrogens with one attached hydrogen (secondary N) is 1. The Hall–Kier alpha value is -1.79. The lowest BCUT2D eigenvalue weighted by Gasteiger charge is -2.36. The van der Waals surface area contributed by atoms with Crippen molar-refractivity contribution >= 4 is 18.0 Å². The molecule has 1 heterocycles. The molecule has 0 saturated carbocycles. The van der Waals surface area contributed by atoms with Crippen LogP contribution in [0, 0.1) is 5.92 Å². The molecule has 1 saturated heterocycles. The number of carbonyl (C=O) groups excluding carboxylic acids is 2. The Bertz CT molecular complexity index is 386. The van der Waals surface area contributed by atoms with Crippen molar-refractivity contribution in [2.75, 3.05) is 19.7 Å². The van der Waals surface area contributed by atoms with Gasteiger partial charge in [0.25, 0.3) is 0 Å². The summed E-state index contributed by atoms with van der Waals surface area (Å²) < 4.78 is 4.80. The van der Waals surface area contributed by atoms with Crippen molar-refractivity contribution < 1.29 is 24.2 Å². The van der Waals surface area contributed by atoms with Gasteiger partial charge in [0.05, 0.1) is 12.5 Å². The van der Waals surface area contributed by atoms with Crippen LogP contribution in [0.2, 0.25) is 0 Å². The maximum absolute atomic E-state index is 12.0. The zero-order valence-corrected chi connectivity index (χ0v) is 12.6. The normalized spacial score (nSPS) is 21.7. The molecule has 0 bridgehead atoms. The number of esters is 1. The van der Waals surface area contributed by atoms with Crippen LogP contribution in [0.15, 0.2) is 0 Å². The van der Waals surface area contributed by atoms with E-state index in [-0.39, 0.29) is 30.4 Å². The Labute approximate surface area is 124 Å². The molecule has 2 amide bonds. The molecule has 0 radical (unpaired) electrons. The van der Waals surface area contributed by atoms with E-state index < -0.39 is 5.97 Å². The smallest absolute Gasteiger partial charge is 0.317 e. The molecule has 0 aliphatic carbocycles. The third-order valence-electron chi connectivity index (χ3n) is 3.63. The molecule has 1 fully saturated rings. The van der Waals surface area contributed by atoms with Crippen molar-refractivity contribution in [2.45, 2.75) is 45.6 Å². The van der Waals surface area contributed by atoms with Crippen LogP contribution in [0.1, 0.15) is 39.5 Å². The number of amides is 2. The average Bonchev–Trinajstić information content (AvgIpc) is 2.43. The number of hydrogen-bond donors (Lipinski definition) is 2. The first-order valence-corrected chi connectivity index (χ1v) is 7.38. The van der Waals surface area contributed by atoms with Crippen molar-refractivity contribution in [1.29, 1.82) is 0 Å². The standard InChI is InChI=1S/C14H24N2O5/c1-3-21-12(17)5-4-7-15-14(20)16-8-6-11(13(18)19)9-10(16)2/h10-11H,3-9H2,1-2H3,(H,15,20)(H,18,19). The first-order valence-electron chi connectivity index (χ1n) is 7.38. The van der Waals surface area contributed by atoms with Crippen LogP contribution in [0.4, 0.5) is 4.79 Å². The first kappa shape index (κ1) is 17.3. The minimum Gasteiger partial charge on any atom is -0.481 e. The van der Waals surface area contributed by atoms with Gasteiger partial charge in [0.15, 0.2) is 0 Å². The summed E-state index contributed by atoms with van der Waals surface area (Å²) in [5.41, 5.74) is 0. The lowest BCUT2D eigenvalue weighted by molar-refractivity contribution is -0.144. The summed E-state index contributed by atoms with van der Waals surface area (Å²) in [6, 6.07) is -0.292. The van der Waals surface area contributed by atoms with Gasteiger partial charge >= 0.3 is 18.0 Å². The van der Waals surface area contributed by atoms with Crippen LogP contribution >= 0.6 is 0 Å². The SMILES string of the molecule is CCOC(=O)CCCNC(=O)N1CCC(C(=O)O)CC1C. The van der Waals surface area contributed by atoms with Gasteiger partial charge in [-0.2, -0.15) is 0 Å². The summed E-state index contributed by atoms with van der Waals surface area (Å²) in [5, 5.41) is 11.7. The van der Waals surface area contributed by atoms with Crippen LogP contribution in [0.5, 0.6) is 0 Å². The number of carboxylic acids is 1. The Morgan fingerprint density at radius 2 is 2.10 bits per heavy atom. The summed E-state index contributed by atoms with van der Waals surface area (Å²) in [5.74, 6) is -1.42. The van der Waals surface area contributed by atoms with Gasteiger partial charge in [0, 0.05) is 25.6 Å². The van der Waals surface area contributed by atoms with Gasteiger partial charge in [-0.1, -0.05) is 0 Å². The second kappa shape index (κ2) is 8.49. The van der Waals surface area contributed by atoms with Gasteiger partial charge in [0.1, 0.15) is 0 Å².